The van der Waals surface area contributed by atoms with Gasteiger partial charge in [-0.3, -0.25) is 4.79 Å². The summed E-state index contributed by atoms with van der Waals surface area (Å²) in [6.07, 6.45) is 1.50. The maximum Gasteiger partial charge on any atom is 0.218 e. The molecule has 0 aromatic heterocycles. The molecule has 12 heavy (non-hydrogen) atoms. The normalized spacial score (nSPS) is 26.6. The lowest BCUT2D eigenvalue weighted by atomic mass is 10.1. The minimum Gasteiger partial charge on any atom is -0.370 e. The molecule has 4 heteroatoms. The van der Waals surface area contributed by atoms with Gasteiger partial charge in [0.1, 0.15) is 0 Å². The van der Waals surface area contributed by atoms with Crippen LogP contribution in [0.4, 0.5) is 0 Å². The van der Waals surface area contributed by atoms with Gasteiger partial charge in [0.15, 0.2) is 0 Å². The number of carbonyl (C=O) groups excluding carboxylic acids is 1. The maximum atomic E-state index is 10.7. The second-order valence-electron chi connectivity index (χ2n) is 3.34. The Morgan fingerprint density at radius 3 is 3.08 bits per heavy atom. The van der Waals surface area contributed by atoms with E-state index in [-0.39, 0.29) is 5.91 Å². The van der Waals surface area contributed by atoms with E-state index in [1.807, 2.05) is 7.05 Å². The second kappa shape index (κ2) is 4.42. The third-order valence-corrected chi connectivity index (χ3v) is 2.36. The maximum absolute atomic E-state index is 10.7. The number of carbonyl (C=O) groups is 1. The van der Waals surface area contributed by atoms with Crippen molar-refractivity contribution in [1.82, 2.24) is 10.2 Å². The lowest BCUT2D eigenvalue weighted by Gasteiger charge is -2.23. The third kappa shape index (κ3) is 2.79. The molecule has 1 aliphatic rings. The van der Waals surface area contributed by atoms with Gasteiger partial charge in [0.05, 0.1) is 0 Å². The average molecular weight is 171 g/mol. The number of rotatable bonds is 2. The molecule has 1 heterocycles. The molecule has 1 unspecified atom stereocenters. The predicted molar refractivity (Wildman–Crippen MR) is 47.7 cm³/mol. The van der Waals surface area contributed by atoms with E-state index < -0.39 is 0 Å². The van der Waals surface area contributed by atoms with Gasteiger partial charge < -0.3 is 16.0 Å². The van der Waals surface area contributed by atoms with Crippen LogP contribution in [0.15, 0.2) is 0 Å². The van der Waals surface area contributed by atoms with Gasteiger partial charge >= 0.3 is 0 Å². The number of nitrogens with zero attached hydrogens (tertiary/aromatic N) is 1. The van der Waals surface area contributed by atoms with Crippen LogP contribution in [-0.4, -0.2) is 43.5 Å². The Morgan fingerprint density at radius 2 is 2.42 bits per heavy atom. The van der Waals surface area contributed by atoms with Gasteiger partial charge in [-0.05, 0) is 20.0 Å². The number of primary amides is 1. The largest absolute Gasteiger partial charge is 0.370 e. The van der Waals surface area contributed by atoms with E-state index in [1.54, 1.807) is 0 Å². The highest BCUT2D eigenvalue weighted by Crippen LogP contribution is 2.07. The van der Waals surface area contributed by atoms with Crippen molar-refractivity contribution in [3.8, 4) is 0 Å². The molecule has 70 valence electrons. The molecule has 1 atom stereocenters. The molecule has 4 nitrogen and oxygen atoms in total. The minimum absolute atomic E-state index is 0.200. The Kier molecular flexibility index (Phi) is 3.49. The van der Waals surface area contributed by atoms with Crippen molar-refractivity contribution in [3.05, 3.63) is 0 Å². The van der Waals surface area contributed by atoms with Gasteiger partial charge in [-0.15, -0.1) is 0 Å². The Labute approximate surface area is 73.1 Å². The number of hydrogen-bond donors (Lipinski definition) is 2. The fourth-order valence-corrected chi connectivity index (χ4v) is 1.54. The first kappa shape index (κ1) is 9.48. The van der Waals surface area contributed by atoms with Crippen molar-refractivity contribution in [2.75, 3.05) is 26.7 Å². The van der Waals surface area contributed by atoms with Crippen LogP contribution >= 0.6 is 0 Å². The summed E-state index contributed by atoms with van der Waals surface area (Å²) >= 11 is 0. The molecular formula is C8H17N3O. The van der Waals surface area contributed by atoms with Gasteiger partial charge in [-0.1, -0.05) is 0 Å². The summed E-state index contributed by atoms with van der Waals surface area (Å²) < 4.78 is 0. The van der Waals surface area contributed by atoms with Crippen LogP contribution in [0.2, 0.25) is 0 Å². The highest BCUT2D eigenvalue weighted by Gasteiger charge is 2.18. The molecule has 0 radical (unpaired) electrons. The number of hydrogen-bond acceptors (Lipinski definition) is 3. The van der Waals surface area contributed by atoms with E-state index in [2.05, 4.69) is 10.2 Å². The molecule has 0 bridgehead atoms. The van der Waals surface area contributed by atoms with Gasteiger partial charge in [0.2, 0.25) is 5.91 Å². The van der Waals surface area contributed by atoms with E-state index in [0.29, 0.717) is 12.5 Å². The highest BCUT2D eigenvalue weighted by atomic mass is 16.1. The number of nitrogens with two attached hydrogens (primary N) is 1. The number of amides is 1. The molecule has 1 rings (SSSR count). The van der Waals surface area contributed by atoms with E-state index >= 15 is 0 Å². The first-order chi connectivity index (χ1) is 5.70. The van der Waals surface area contributed by atoms with Crippen molar-refractivity contribution >= 4 is 5.91 Å². The summed E-state index contributed by atoms with van der Waals surface area (Å²) in [5, 5.41) is 3.29. The van der Waals surface area contributed by atoms with E-state index in [1.165, 1.54) is 0 Å². The molecule has 0 spiro atoms. The van der Waals surface area contributed by atoms with Crippen molar-refractivity contribution in [3.63, 3.8) is 0 Å². The lowest BCUT2D eigenvalue weighted by molar-refractivity contribution is -0.119. The van der Waals surface area contributed by atoms with Crippen LogP contribution in [0.1, 0.15) is 12.8 Å². The Bertz CT molecular complexity index is 160. The fraction of sp³-hybridized carbons (Fsp3) is 0.875. The van der Waals surface area contributed by atoms with E-state index in [9.17, 15) is 4.79 Å². The van der Waals surface area contributed by atoms with Gasteiger partial charge in [-0.2, -0.15) is 0 Å². The van der Waals surface area contributed by atoms with Crippen molar-refractivity contribution in [2.24, 2.45) is 5.73 Å². The SMILES string of the molecule is CN1CCNCCC1CC(N)=O. The number of likely N-dealkylation sites (N-methyl/N-ethyl adjacent to an activating group) is 1. The lowest BCUT2D eigenvalue weighted by Crippen LogP contribution is -2.35. The highest BCUT2D eigenvalue weighted by molar-refractivity contribution is 5.74. The summed E-state index contributed by atoms with van der Waals surface area (Å²) in [7, 11) is 2.04. The van der Waals surface area contributed by atoms with Crippen LogP contribution < -0.4 is 11.1 Å². The van der Waals surface area contributed by atoms with Gasteiger partial charge in [0, 0.05) is 25.6 Å². The zero-order valence-corrected chi connectivity index (χ0v) is 7.55. The summed E-state index contributed by atoms with van der Waals surface area (Å²) in [5.41, 5.74) is 5.15. The predicted octanol–water partition coefficient (Wildman–Crippen LogP) is -0.844. The first-order valence-corrected chi connectivity index (χ1v) is 4.39. The molecule has 0 saturated carbocycles. The van der Waals surface area contributed by atoms with Crippen LogP contribution in [0.25, 0.3) is 0 Å². The Hall–Kier alpha value is -0.610. The monoisotopic (exact) mass is 171 g/mol. The molecule has 1 saturated heterocycles. The summed E-state index contributed by atoms with van der Waals surface area (Å²) in [6, 6.07) is 0.331. The first-order valence-electron chi connectivity index (χ1n) is 4.39. The van der Waals surface area contributed by atoms with Crippen LogP contribution in [-0.2, 0) is 4.79 Å². The smallest absolute Gasteiger partial charge is 0.218 e. The molecule has 0 aliphatic carbocycles. The topological polar surface area (TPSA) is 58.4 Å². The number of nitrogens with one attached hydrogen (secondary N) is 1. The van der Waals surface area contributed by atoms with Crippen LogP contribution in [0.5, 0.6) is 0 Å². The van der Waals surface area contributed by atoms with Crippen molar-refractivity contribution in [1.29, 1.82) is 0 Å². The molecule has 3 N–H and O–H groups in total. The fourth-order valence-electron chi connectivity index (χ4n) is 1.54. The summed E-state index contributed by atoms with van der Waals surface area (Å²) in [4.78, 5) is 12.9. The molecule has 0 aromatic carbocycles. The molecule has 1 fully saturated rings. The zero-order chi connectivity index (χ0) is 8.97. The van der Waals surface area contributed by atoms with Crippen molar-refractivity contribution < 1.29 is 4.79 Å². The Morgan fingerprint density at radius 1 is 1.67 bits per heavy atom. The van der Waals surface area contributed by atoms with Crippen LogP contribution in [0, 0.1) is 0 Å². The molecule has 1 amide bonds. The van der Waals surface area contributed by atoms with Gasteiger partial charge in [0.25, 0.3) is 0 Å². The standard InChI is InChI=1S/C8H17N3O/c1-11-5-4-10-3-2-7(11)6-8(9)12/h7,10H,2-6H2,1H3,(H2,9,12). The second-order valence-corrected chi connectivity index (χ2v) is 3.34. The molecular weight excluding hydrogens is 154 g/mol. The quantitative estimate of drug-likeness (QED) is 0.569. The average Bonchev–Trinajstić information content (AvgIpc) is 2.16. The minimum atomic E-state index is -0.200. The third-order valence-electron chi connectivity index (χ3n) is 2.36. The summed E-state index contributed by atoms with van der Waals surface area (Å²) in [6.45, 7) is 2.99. The van der Waals surface area contributed by atoms with Crippen molar-refractivity contribution in [2.45, 2.75) is 18.9 Å². The van der Waals surface area contributed by atoms with Gasteiger partial charge in [-0.25, -0.2) is 0 Å². The molecule has 1 aliphatic heterocycles. The summed E-state index contributed by atoms with van der Waals surface area (Å²) in [5.74, 6) is -0.200. The van der Waals surface area contributed by atoms with E-state index in [0.717, 1.165) is 26.1 Å². The Balaban J connectivity index is 2.41. The van der Waals surface area contributed by atoms with Crippen LogP contribution in [0.3, 0.4) is 0 Å². The molecule has 0 aromatic rings. The van der Waals surface area contributed by atoms with E-state index in [4.69, 9.17) is 5.73 Å². The zero-order valence-electron chi connectivity index (χ0n) is 7.55.